The molecule has 0 atom stereocenters. The lowest BCUT2D eigenvalue weighted by Gasteiger charge is -2.28. The van der Waals surface area contributed by atoms with Gasteiger partial charge in [0.05, 0.1) is 5.02 Å². The Labute approximate surface area is 240 Å². The largest absolute Gasteiger partial charge is 0.206 e. The predicted molar refractivity (Wildman–Crippen MR) is 162 cm³/mol. The van der Waals surface area contributed by atoms with Crippen LogP contribution < -0.4 is 0 Å². The Kier molecular flexibility index (Phi) is 11.9. The molecule has 1 aliphatic rings. The maximum absolute atomic E-state index is 14.8. The molecule has 0 amide bonds. The SMILES string of the molecule is CCCCCCCCc1ccc(CC[C@H]2CC[C@H](CCc3ccc(-c4ccc(Cl)c(F)c4)c(F)c3)CC2)cc1. The van der Waals surface area contributed by atoms with E-state index in [2.05, 4.69) is 31.2 Å². The first kappa shape index (κ1) is 29.8. The lowest BCUT2D eigenvalue weighted by atomic mass is 9.77. The molecule has 1 saturated carbocycles. The van der Waals surface area contributed by atoms with Crippen molar-refractivity contribution < 1.29 is 8.78 Å². The summed E-state index contributed by atoms with van der Waals surface area (Å²) in [6.07, 6.45) is 19.1. The van der Waals surface area contributed by atoms with Crippen molar-refractivity contribution in [2.75, 3.05) is 0 Å². The van der Waals surface area contributed by atoms with Crippen LogP contribution in [0.3, 0.4) is 0 Å². The Morgan fingerprint density at radius 2 is 1.18 bits per heavy atom. The summed E-state index contributed by atoms with van der Waals surface area (Å²) in [4.78, 5) is 0. The van der Waals surface area contributed by atoms with Crippen LogP contribution in [0.2, 0.25) is 5.02 Å². The highest BCUT2D eigenvalue weighted by atomic mass is 35.5. The zero-order valence-corrected chi connectivity index (χ0v) is 24.4. The van der Waals surface area contributed by atoms with Crippen molar-refractivity contribution >= 4 is 11.6 Å². The van der Waals surface area contributed by atoms with E-state index in [1.807, 2.05) is 6.07 Å². The summed E-state index contributed by atoms with van der Waals surface area (Å²) in [7, 11) is 0. The van der Waals surface area contributed by atoms with E-state index in [-0.39, 0.29) is 10.8 Å². The van der Waals surface area contributed by atoms with Crippen molar-refractivity contribution in [3.05, 3.63) is 94.0 Å². The number of hydrogen-bond acceptors (Lipinski definition) is 0. The Hall–Kier alpha value is -2.19. The van der Waals surface area contributed by atoms with Gasteiger partial charge in [-0.3, -0.25) is 0 Å². The molecular weight excluding hydrogens is 506 g/mol. The molecule has 0 spiro atoms. The Bertz CT molecular complexity index is 1150. The molecule has 0 unspecified atom stereocenters. The van der Waals surface area contributed by atoms with Gasteiger partial charge in [-0.05, 0) is 90.8 Å². The fraction of sp³-hybridized carbons (Fsp3) is 0.500. The van der Waals surface area contributed by atoms with Crippen LogP contribution in [-0.2, 0) is 19.3 Å². The number of unbranched alkanes of at least 4 members (excludes halogenated alkanes) is 5. The highest BCUT2D eigenvalue weighted by molar-refractivity contribution is 6.30. The smallest absolute Gasteiger partial charge is 0.142 e. The van der Waals surface area contributed by atoms with Crippen molar-refractivity contribution in [3.63, 3.8) is 0 Å². The molecule has 3 aromatic rings. The average molecular weight is 551 g/mol. The van der Waals surface area contributed by atoms with Crippen LogP contribution >= 0.6 is 11.6 Å². The average Bonchev–Trinajstić information content (AvgIpc) is 2.95. The highest BCUT2D eigenvalue weighted by Crippen LogP contribution is 2.34. The highest BCUT2D eigenvalue weighted by Gasteiger charge is 2.21. The Balaban J connectivity index is 1.13. The second-order valence-corrected chi connectivity index (χ2v) is 12.1. The van der Waals surface area contributed by atoms with Gasteiger partial charge in [-0.2, -0.15) is 0 Å². The summed E-state index contributed by atoms with van der Waals surface area (Å²) < 4.78 is 28.6. The first-order valence-electron chi connectivity index (χ1n) is 15.3. The molecule has 0 saturated heterocycles. The minimum atomic E-state index is -0.523. The van der Waals surface area contributed by atoms with Gasteiger partial charge in [-0.25, -0.2) is 8.78 Å². The van der Waals surface area contributed by atoms with Crippen LogP contribution in [0, 0.1) is 23.5 Å². The minimum Gasteiger partial charge on any atom is -0.206 e. The zero-order valence-electron chi connectivity index (χ0n) is 23.7. The molecule has 3 aromatic carbocycles. The predicted octanol–water partition coefficient (Wildman–Crippen LogP) is 11.6. The van der Waals surface area contributed by atoms with Crippen LogP contribution in [-0.4, -0.2) is 0 Å². The number of aryl methyl sites for hydroxylation is 3. The molecule has 1 fully saturated rings. The van der Waals surface area contributed by atoms with Crippen LogP contribution in [0.4, 0.5) is 8.78 Å². The van der Waals surface area contributed by atoms with E-state index >= 15 is 0 Å². The van der Waals surface area contributed by atoms with Gasteiger partial charge in [0.1, 0.15) is 11.6 Å². The summed E-state index contributed by atoms with van der Waals surface area (Å²) >= 11 is 5.77. The van der Waals surface area contributed by atoms with Gasteiger partial charge in [0.25, 0.3) is 0 Å². The lowest BCUT2D eigenvalue weighted by molar-refractivity contribution is 0.253. The molecule has 0 nitrogen and oxygen atoms in total. The third kappa shape index (κ3) is 9.45. The number of rotatable bonds is 14. The van der Waals surface area contributed by atoms with Crippen LogP contribution in [0.25, 0.3) is 11.1 Å². The number of benzene rings is 3. The summed E-state index contributed by atoms with van der Waals surface area (Å²) in [5, 5.41) is 0.0539. The Morgan fingerprint density at radius 1 is 0.615 bits per heavy atom. The van der Waals surface area contributed by atoms with Crippen molar-refractivity contribution in [1.29, 1.82) is 0 Å². The third-order valence-corrected chi connectivity index (χ3v) is 9.06. The summed E-state index contributed by atoms with van der Waals surface area (Å²) in [6.45, 7) is 2.27. The standard InChI is InChI=1S/C36H45ClF2/c1-2-3-4-5-6-7-8-27-9-11-28(12-10-27)13-14-29-15-17-30(18-16-29)19-20-31-21-23-33(35(38)25-31)32-22-24-34(37)36(39)26-32/h9-12,21-26,29-30H,2-8,13-20H2,1H3/t29-,30-. The van der Waals surface area contributed by atoms with E-state index in [1.165, 1.54) is 107 Å². The second-order valence-electron chi connectivity index (χ2n) is 11.7. The first-order valence-corrected chi connectivity index (χ1v) is 15.7. The molecule has 39 heavy (non-hydrogen) atoms. The van der Waals surface area contributed by atoms with Gasteiger partial charge in [0, 0.05) is 5.56 Å². The molecule has 3 heteroatoms. The van der Waals surface area contributed by atoms with Gasteiger partial charge in [-0.15, -0.1) is 0 Å². The number of hydrogen-bond donors (Lipinski definition) is 0. The summed E-state index contributed by atoms with van der Waals surface area (Å²) in [6, 6.07) is 19.2. The van der Waals surface area contributed by atoms with Gasteiger partial charge in [0.2, 0.25) is 0 Å². The summed E-state index contributed by atoms with van der Waals surface area (Å²) in [5.41, 5.74) is 4.93. The Morgan fingerprint density at radius 3 is 1.79 bits per heavy atom. The van der Waals surface area contributed by atoms with E-state index in [4.69, 9.17) is 11.6 Å². The zero-order chi connectivity index (χ0) is 27.5. The molecule has 1 aliphatic carbocycles. The minimum absolute atomic E-state index is 0.0539. The van der Waals surface area contributed by atoms with Crippen molar-refractivity contribution in [3.8, 4) is 11.1 Å². The van der Waals surface area contributed by atoms with E-state index < -0.39 is 5.82 Å². The molecular formula is C36H45ClF2. The monoisotopic (exact) mass is 550 g/mol. The molecule has 210 valence electrons. The van der Waals surface area contributed by atoms with Gasteiger partial charge >= 0.3 is 0 Å². The van der Waals surface area contributed by atoms with Gasteiger partial charge in [0.15, 0.2) is 0 Å². The maximum atomic E-state index is 14.8. The van der Waals surface area contributed by atoms with Gasteiger partial charge < -0.3 is 0 Å². The maximum Gasteiger partial charge on any atom is 0.142 e. The third-order valence-electron chi connectivity index (χ3n) is 8.75. The van der Waals surface area contributed by atoms with Crippen LogP contribution in [0.1, 0.15) is 101 Å². The normalized spacial score (nSPS) is 17.4. The fourth-order valence-corrected chi connectivity index (χ4v) is 6.26. The molecule has 0 N–H and O–H groups in total. The summed E-state index contributed by atoms with van der Waals surface area (Å²) in [5.74, 6) is 0.745. The number of halogens is 3. The van der Waals surface area contributed by atoms with Crippen LogP contribution in [0.5, 0.6) is 0 Å². The molecule has 0 aliphatic heterocycles. The molecule has 0 radical (unpaired) electrons. The molecule has 4 rings (SSSR count). The van der Waals surface area contributed by atoms with E-state index in [9.17, 15) is 8.78 Å². The van der Waals surface area contributed by atoms with Crippen molar-refractivity contribution in [2.45, 2.75) is 103 Å². The molecule has 0 bridgehead atoms. The van der Waals surface area contributed by atoms with E-state index in [0.29, 0.717) is 11.1 Å². The van der Waals surface area contributed by atoms with E-state index in [0.717, 1.165) is 30.2 Å². The quantitative estimate of drug-likeness (QED) is 0.175. The topological polar surface area (TPSA) is 0 Å². The molecule has 0 heterocycles. The van der Waals surface area contributed by atoms with Crippen molar-refractivity contribution in [2.24, 2.45) is 11.8 Å². The van der Waals surface area contributed by atoms with Gasteiger partial charge in [-0.1, -0.05) is 119 Å². The van der Waals surface area contributed by atoms with Crippen molar-refractivity contribution in [1.82, 2.24) is 0 Å². The second kappa shape index (κ2) is 15.6. The van der Waals surface area contributed by atoms with E-state index in [1.54, 1.807) is 18.2 Å². The first-order chi connectivity index (χ1) is 19.0. The lowest BCUT2D eigenvalue weighted by Crippen LogP contribution is -2.15. The molecule has 0 aromatic heterocycles. The van der Waals surface area contributed by atoms with Crippen LogP contribution in [0.15, 0.2) is 60.7 Å². The fourth-order valence-electron chi connectivity index (χ4n) is 6.14.